The monoisotopic (exact) mass is 191 g/mol. The third-order valence-electron chi connectivity index (χ3n) is 2.59. The minimum absolute atomic E-state index is 0.257. The summed E-state index contributed by atoms with van der Waals surface area (Å²) in [5.41, 5.74) is 10.1. The fraction of sp³-hybridized carbons (Fsp3) is 0.538. The lowest BCUT2D eigenvalue weighted by Gasteiger charge is -2.10. The van der Waals surface area contributed by atoms with Gasteiger partial charge in [-0.25, -0.2) is 0 Å². The molecule has 1 aromatic rings. The van der Waals surface area contributed by atoms with Crippen LogP contribution in [0, 0.1) is 0 Å². The Morgan fingerprint density at radius 3 is 2.29 bits per heavy atom. The second kappa shape index (κ2) is 5.16. The summed E-state index contributed by atoms with van der Waals surface area (Å²) in [7, 11) is 0. The molecule has 1 heteroatoms. The number of hydrogen-bond donors (Lipinski definition) is 1. The summed E-state index contributed by atoms with van der Waals surface area (Å²) in [6.07, 6.45) is 3.23. The van der Waals surface area contributed by atoms with E-state index in [1.54, 1.807) is 0 Å². The van der Waals surface area contributed by atoms with Crippen molar-refractivity contribution in [1.29, 1.82) is 0 Å². The molecular formula is C13H21N. The SMILES string of the molecule is CCc1ccc(CC(C)N)cc1CC. The smallest absolute Gasteiger partial charge is 0.00509 e. The van der Waals surface area contributed by atoms with Crippen LogP contribution in [0.3, 0.4) is 0 Å². The number of nitrogens with two attached hydrogens (primary N) is 1. The molecule has 0 saturated heterocycles. The van der Waals surface area contributed by atoms with Gasteiger partial charge in [-0.3, -0.25) is 0 Å². The molecule has 1 unspecified atom stereocenters. The molecule has 0 saturated carbocycles. The summed E-state index contributed by atoms with van der Waals surface area (Å²) in [4.78, 5) is 0. The first-order chi connectivity index (χ1) is 6.67. The van der Waals surface area contributed by atoms with Gasteiger partial charge in [0.05, 0.1) is 0 Å². The second-order valence-corrected chi connectivity index (χ2v) is 3.99. The highest BCUT2D eigenvalue weighted by Crippen LogP contribution is 2.14. The Morgan fingerprint density at radius 2 is 1.79 bits per heavy atom. The van der Waals surface area contributed by atoms with Crippen LogP contribution in [-0.4, -0.2) is 6.04 Å². The van der Waals surface area contributed by atoms with Crippen LogP contribution < -0.4 is 5.73 Å². The van der Waals surface area contributed by atoms with Gasteiger partial charge in [0, 0.05) is 6.04 Å². The van der Waals surface area contributed by atoms with E-state index < -0.39 is 0 Å². The van der Waals surface area contributed by atoms with Crippen molar-refractivity contribution in [3.05, 3.63) is 34.9 Å². The van der Waals surface area contributed by atoms with Crippen molar-refractivity contribution in [2.24, 2.45) is 5.73 Å². The zero-order valence-corrected chi connectivity index (χ0v) is 9.51. The Bertz CT molecular complexity index is 289. The molecule has 0 bridgehead atoms. The van der Waals surface area contributed by atoms with Crippen LogP contribution in [0.1, 0.15) is 37.5 Å². The van der Waals surface area contributed by atoms with Crippen LogP contribution in [-0.2, 0) is 19.3 Å². The van der Waals surface area contributed by atoms with Crippen molar-refractivity contribution in [3.63, 3.8) is 0 Å². The lowest BCUT2D eigenvalue weighted by atomic mass is 9.97. The maximum atomic E-state index is 5.79. The largest absolute Gasteiger partial charge is 0.328 e. The molecule has 0 radical (unpaired) electrons. The average molecular weight is 191 g/mol. The molecule has 0 aliphatic heterocycles. The predicted molar refractivity (Wildman–Crippen MR) is 62.6 cm³/mol. The Kier molecular flexibility index (Phi) is 4.15. The van der Waals surface area contributed by atoms with Crippen molar-refractivity contribution >= 4 is 0 Å². The lowest BCUT2D eigenvalue weighted by molar-refractivity contribution is 0.736. The molecule has 1 aromatic carbocycles. The zero-order chi connectivity index (χ0) is 10.6. The van der Waals surface area contributed by atoms with Gasteiger partial charge < -0.3 is 5.73 Å². The molecule has 0 aliphatic carbocycles. The Balaban J connectivity index is 2.89. The molecule has 1 rings (SSSR count). The summed E-state index contributed by atoms with van der Waals surface area (Å²) in [5, 5.41) is 0. The summed E-state index contributed by atoms with van der Waals surface area (Å²) in [6.45, 7) is 6.48. The van der Waals surface area contributed by atoms with Crippen molar-refractivity contribution in [2.45, 2.75) is 46.1 Å². The number of rotatable bonds is 4. The predicted octanol–water partition coefficient (Wildman–Crippen LogP) is 2.70. The van der Waals surface area contributed by atoms with Gasteiger partial charge in [0.2, 0.25) is 0 Å². The van der Waals surface area contributed by atoms with Gasteiger partial charge in [-0.05, 0) is 42.9 Å². The van der Waals surface area contributed by atoms with Crippen LogP contribution >= 0.6 is 0 Å². The highest BCUT2D eigenvalue weighted by Gasteiger charge is 2.02. The number of hydrogen-bond acceptors (Lipinski definition) is 1. The van der Waals surface area contributed by atoms with Crippen molar-refractivity contribution in [3.8, 4) is 0 Å². The normalized spacial score (nSPS) is 12.9. The summed E-state index contributed by atoms with van der Waals surface area (Å²) >= 11 is 0. The first-order valence-corrected chi connectivity index (χ1v) is 5.53. The molecule has 14 heavy (non-hydrogen) atoms. The minimum Gasteiger partial charge on any atom is -0.328 e. The van der Waals surface area contributed by atoms with Gasteiger partial charge in [-0.2, -0.15) is 0 Å². The van der Waals surface area contributed by atoms with Gasteiger partial charge in [0.25, 0.3) is 0 Å². The van der Waals surface area contributed by atoms with Crippen LogP contribution in [0.5, 0.6) is 0 Å². The third kappa shape index (κ3) is 2.85. The fourth-order valence-corrected chi connectivity index (χ4v) is 1.85. The van der Waals surface area contributed by atoms with E-state index in [1.165, 1.54) is 16.7 Å². The van der Waals surface area contributed by atoms with Crippen LogP contribution in [0.25, 0.3) is 0 Å². The second-order valence-electron chi connectivity index (χ2n) is 3.99. The van der Waals surface area contributed by atoms with Crippen molar-refractivity contribution in [1.82, 2.24) is 0 Å². The van der Waals surface area contributed by atoms with E-state index in [0.717, 1.165) is 19.3 Å². The first-order valence-electron chi connectivity index (χ1n) is 5.53. The maximum Gasteiger partial charge on any atom is 0.00509 e. The lowest BCUT2D eigenvalue weighted by Crippen LogP contribution is -2.17. The standard InChI is InChI=1S/C13H21N/c1-4-12-7-6-11(8-10(3)14)9-13(12)5-2/h6-7,9-10H,4-5,8,14H2,1-3H3. The summed E-state index contributed by atoms with van der Waals surface area (Å²) in [6, 6.07) is 7.02. The van der Waals surface area contributed by atoms with Gasteiger partial charge in [0.1, 0.15) is 0 Å². The molecule has 1 nitrogen and oxygen atoms in total. The number of aryl methyl sites for hydroxylation is 2. The molecule has 1 atom stereocenters. The molecule has 2 N–H and O–H groups in total. The average Bonchev–Trinajstić information content (AvgIpc) is 2.16. The van der Waals surface area contributed by atoms with E-state index in [4.69, 9.17) is 5.73 Å². The molecule has 0 heterocycles. The van der Waals surface area contributed by atoms with E-state index in [1.807, 2.05) is 0 Å². The van der Waals surface area contributed by atoms with Crippen molar-refractivity contribution in [2.75, 3.05) is 0 Å². The number of benzene rings is 1. The third-order valence-corrected chi connectivity index (χ3v) is 2.59. The highest BCUT2D eigenvalue weighted by molar-refractivity contribution is 5.32. The highest BCUT2D eigenvalue weighted by atomic mass is 14.6. The van der Waals surface area contributed by atoms with E-state index in [-0.39, 0.29) is 6.04 Å². The van der Waals surface area contributed by atoms with Crippen molar-refractivity contribution < 1.29 is 0 Å². The molecule has 78 valence electrons. The zero-order valence-electron chi connectivity index (χ0n) is 9.51. The van der Waals surface area contributed by atoms with Crippen LogP contribution in [0.2, 0.25) is 0 Å². The fourth-order valence-electron chi connectivity index (χ4n) is 1.85. The van der Waals surface area contributed by atoms with E-state index >= 15 is 0 Å². The molecule has 0 aliphatic rings. The Hall–Kier alpha value is -0.820. The molecule has 0 spiro atoms. The van der Waals surface area contributed by atoms with E-state index in [2.05, 4.69) is 39.0 Å². The minimum atomic E-state index is 0.257. The molecule has 0 aromatic heterocycles. The Labute approximate surface area is 87.3 Å². The van der Waals surface area contributed by atoms with E-state index in [9.17, 15) is 0 Å². The van der Waals surface area contributed by atoms with Gasteiger partial charge >= 0.3 is 0 Å². The van der Waals surface area contributed by atoms with Gasteiger partial charge in [-0.15, -0.1) is 0 Å². The summed E-state index contributed by atoms with van der Waals surface area (Å²) < 4.78 is 0. The molecule has 0 fully saturated rings. The topological polar surface area (TPSA) is 26.0 Å². The van der Waals surface area contributed by atoms with Gasteiger partial charge in [-0.1, -0.05) is 32.0 Å². The van der Waals surface area contributed by atoms with Crippen LogP contribution in [0.15, 0.2) is 18.2 Å². The maximum absolute atomic E-state index is 5.79. The first kappa shape index (κ1) is 11.3. The van der Waals surface area contributed by atoms with Gasteiger partial charge in [0.15, 0.2) is 0 Å². The quantitative estimate of drug-likeness (QED) is 0.778. The summed E-state index contributed by atoms with van der Waals surface area (Å²) in [5.74, 6) is 0. The Morgan fingerprint density at radius 1 is 1.14 bits per heavy atom. The molecular weight excluding hydrogens is 170 g/mol. The van der Waals surface area contributed by atoms with Crippen LogP contribution in [0.4, 0.5) is 0 Å². The molecule has 0 amide bonds. The van der Waals surface area contributed by atoms with E-state index in [0.29, 0.717) is 0 Å².